The van der Waals surface area contributed by atoms with Gasteiger partial charge in [-0.15, -0.1) is 11.3 Å². The summed E-state index contributed by atoms with van der Waals surface area (Å²) in [7, 11) is 0. The normalized spacial score (nSPS) is 10.4. The molecule has 0 radical (unpaired) electrons. The van der Waals surface area contributed by atoms with Gasteiger partial charge >= 0.3 is 0 Å². The van der Waals surface area contributed by atoms with Crippen LogP contribution in [0.3, 0.4) is 0 Å². The molecule has 0 fully saturated rings. The molecule has 2 rings (SSSR count). The van der Waals surface area contributed by atoms with Crippen molar-refractivity contribution in [3.8, 4) is 22.4 Å². The lowest BCUT2D eigenvalue weighted by Gasteiger charge is -2.11. The molecule has 1 aromatic heterocycles. The van der Waals surface area contributed by atoms with E-state index in [1.54, 1.807) is 11.3 Å². The van der Waals surface area contributed by atoms with Gasteiger partial charge in [-0.05, 0) is 39.0 Å². The molecule has 2 aromatic rings. The van der Waals surface area contributed by atoms with E-state index in [1.807, 2.05) is 44.4 Å². The zero-order valence-corrected chi connectivity index (χ0v) is 11.4. The third-order valence-corrected chi connectivity index (χ3v) is 3.34. The molecule has 4 heteroatoms. The largest absolute Gasteiger partial charge is 0.490 e. The quantitative estimate of drug-likeness (QED) is 0.841. The summed E-state index contributed by atoms with van der Waals surface area (Å²) in [4.78, 5) is 4.42. The first-order valence-corrected chi connectivity index (χ1v) is 6.61. The highest BCUT2D eigenvalue weighted by Crippen LogP contribution is 2.28. The van der Waals surface area contributed by atoms with Crippen molar-refractivity contribution in [1.29, 1.82) is 5.26 Å². The van der Waals surface area contributed by atoms with Gasteiger partial charge < -0.3 is 4.74 Å². The fraction of sp³-hybridized carbons (Fsp3) is 0.286. The standard InChI is InChI=1S/C14H14N2OS/c1-9(2)17-13-5-4-11(6-12(13)7-15)14-16-10(3)8-18-14/h4-6,8-9H,1-3H3. The molecule has 0 saturated heterocycles. The van der Waals surface area contributed by atoms with Gasteiger partial charge in [-0.3, -0.25) is 0 Å². The van der Waals surface area contributed by atoms with Crippen LogP contribution in [0, 0.1) is 18.3 Å². The van der Waals surface area contributed by atoms with E-state index in [0.29, 0.717) is 11.3 Å². The molecule has 0 amide bonds. The minimum Gasteiger partial charge on any atom is -0.490 e. The molecule has 0 aliphatic carbocycles. The molecular formula is C14H14N2OS. The van der Waals surface area contributed by atoms with Crippen molar-refractivity contribution >= 4 is 11.3 Å². The molecule has 18 heavy (non-hydrogen) atoms. The number of aryl methyl sites for hydroxylation is 1. The van der Waals surface area contributed by atoms with Crippen molar-refractivity contribution in [3.05, 3.63) is 34.8 Å². The van der Waals surface area contributed by atoms with E-state index in [9.17, 15) is 0 Å². The molecule has 0 aliphatic rings. The Hall–Kier alpha value is -1.86. The summed E-state index contributed by atoms with van der Waals surface area (Å²) >= 11 is 1.58. The SMILES string of the molecule is Cc1csc(-c2ccc(OC(C)C)c(C#N)c2)n1. The molecule has 0 atom stereocenters. The van der Waals surface area contributed by atoms with Gasteiger partial charge in [-0.1, -0.05) is 0 Å². The average molecular weight is 258 g/mol. The fourth-order valence-corrected chi connectivity index (χ4v) is 2.39. The van der Waals surface area contributed by atoms with Crippen LogP contribution in [0.5, 0.6) is 5.75 Å². The van der Waals surface area contributed by atoms with E-state index in [2.05, 4.69) is 11.1 Å². The zero-order chi connectivity index (χ0) is 13.1. The van der Waals surface area contributed by atoms with Crippen LogP contribution in [0.15, 0.2) is 23.6 Å². The number of aromatic nitrogens is 1. The number of nitriles is 1. The van der Waals surface area contributed by atoms with Crippen LogP contribution in [-0.2, 0) is 0 Å². The van der Waals surface area contributed by atoms with Crippen LogP contribution in [0.2, 0.25) is 0 Å². The molecule has 1 heterocycles. The summed E-state index contributed by atoms with van der Waals surface area (Å²) in [5, 5.41) is 12.1. The smallest absolute Gasteiger partial charge is 0.137 e. The average Bonchev–Trinajstić information content (AvgIpc) is 2.75. The molecule has 0 aliphatic heterocycles. The van der Waals surface area contributed by atoms with Crippen molar-refractivity contribution < 1.29 is 4.74 Å². The van der Waals surface area contributed by atoms with Crippen molar-refractivity contribution in [2.75, 3.05) is 0 Å². The maximum atomic E-state index is 9.16. The van der Waals surface area contributed by atoms with E-state index in [4.69, 9.17) is 10.00 Å². The first-order chi connectivity index (χ1) is 8.60. The van der Waals surface area contributed by atoms with Gasteiger partial charge in [0.25, 0.3) is 0 Å². The molecule has 0 saturated carbocycles. The van der Waals surface area contributed by atoms with E-state index < -0.39 is 0 Å². The zero-order valence-electron chi connectivity index (χ0n) is 10.6. The van der Waals surface area contributed by atoms with Crippen LogP contribution in [0.4, 0.5) is 0 Å². The van der Waals surface area contributed by atoms with Crippen LogP contribution in [-0.4, -0.2) is 11.1 Å². The van der Waals surface area contributed by atoms with Gasteiger partial charge in [0.15, 0.2) is 0 Å². The molecule has 0 spiro atoms. The second-order valence-electron chi connectivity index (χ2n) is 4.28. The molecule has 1 aromatic carbocycles. The molecule has 92 valence electrons. The third kappa shape index (κ3) is 2.69. The number of hydrogen-bond acceptors (Lipinski definition) is 4. The van der Waals surface area contributed by atoms with Crippen LogP contribution < -0.4 is 4.74 Å². The molecule has 0 N–H and O–H groups in total. The van der Waals surface area contributed by atoms with Crippen LogP contribution >= 0.6 is 11.3 Å². The summed E-state index contributed by atoms with van der Waals surface area (Å²) < 4.78 is 5.59. The van der Waals surface area contributed by atoms with Crippen molar-refractivity contribution in [2.24, 2.45) is 0 Å². The highest BCUT2D eigenvalue weighted by atomic mass is 32.1. The van der Waals surface area contributed by atoms with Gasteiger partial charge in [0.2, 0.25) is 0 Å². The fourth-order valence-electron chi connectivity index (χ4n) is 1.59. The topological polar surface area (TPSA) is 45.9 Å². The molecular weight excluding hydrogens is 244 g/mol. The number of hydrogen-bond donors (Lipinski definition) is 0. The molecule has 0 unspecified atom stereocenters. The number of thiazole rings is 1. The molecule has 3 nitrogen and oxygen atoms in total. The summed E-state index contributed by atoms with van der Waals surface area (Å²) in [5.41, 5.74) is 2.51. The lowest BCUT2D eigenvalue weighted by molar-refractivity contribution is 0.242. The summed E-state index contributed by atoms with van der Waals surface area (Å²) in [6, 6.07) is 7.78. The van der Waals surface area contributed by atoms with E-state index >= 15 is 0 Å². The van der Waals surface area contributed by atoms with E-state index in [0.717, 1.165) is 16.3 Å². The van der Waals surface area contributed by atoms with Crippen LogP contribution in [0.25, 0.3) is 10.6 Å². The van der Waals surface area contributed by atoms with Gasteiger partial charge in [0, 0.05) is 16.6 Å². The van der Waals surface area contributed by atoms with Gasteiger partial charge in [0.05, 0.1) is 11.7 Å². The van der Waals surface area contributed by atoms with Crippen molar-refractivity contribution in [2.45, 2.75) is 26.9 Å². The maximum Gasteiger partial charge on any atom is 0.137 e. The minimum atomic E-state index is 0.0602. The van der Waals surface area contributed by atoms with Gasteiger partial charge in [-0.25, -0.2) is 4.98 Å². The third-order valence-electron chi connectivity index (χ3n) is 2.33. The Morgan fingerprint density at radius 3 is 2.72 bits per heavy atom. The second kappa shape index (κ2) is 5.19. The highest BCUT2D eigenvalue weighted by molar-refractivity contribution is 7.13. The minimum absolute atomic E-state index is 0.0602. The Bertz CT molecular complexity index is 596. The Morgan fingerprint density at radius 2 is 2.17 bits per heavy atom. The summed E-state index contributed by atoms with van der Waals surface area (Å²) in [6.07, 6.45) is 0.0602. The predicted octanol–water partition coefficient (Wildman–Crippen LogP) is 3.78. The predicted molar refractivity (Wildman–Crippen MR) is 72.8 cm³/mol. The second-order valence-corrected chi connectivity index (χ2v) is 5.14. The molecule has 0 bridgehead atoms. The summed E-state index contributed by atoms with van der Waals surface area (Å²) in [6.45, 7) is 5.85. The first-order valence-electron chi connectivity index (χ1n) is 5.73. The maximum absolute atomic E-state index is 9.16. The number of benzene rings is 1. The number of ether oxygens (including phenoxy) is 1. The van der Waals surface area contributed by atoms with Crippen molar-refractivity contribution in [3.63, 3.8) is 0 Å². The van der Waals surface area contributed by atoms with Crippen LogP contribution in [0.1, 0.15) is 25.1 Å². The Kier molecular flexibility index (Phi) is 3.63. The van der Waals surface area contributed by atoms with Crippen molar-refractivity contribution in [1.82, 2.24) is 4.98 Å². The monoisotopic (exact) mass is 258 g/mol. The number of rotatable bonds is 3. The summed E-state index contributed by atoms with van der Waals surface area (Å²) in [5.74, 6) is 0.629. The highest BCUT2D eigenvalue weighted by Gasteiger charge is 2.09. The number of nitrogens with zero attached hydrogens (tertiary/aromatic N) is 2. The Labute approximate surface area is 111 Å². The van der Waals surface area contributed by atoms with Gasteiger partial charge in [0.1, 0.15) is 16.8 Å². The lowest BCUT2D eigenvalue weighted by atomic mass is 10.1. The lowest BCUT2D eigenvalue weighted by Crippen LogP contribution is -2.06. The van der Waals surface area contributed by atoms with E-state index in [1.165, 1.54) is 0 Å². The van der Waals surface area contributed by atoms with E-state index in [-0.39, 0.29) is 6.10 Å². The Balaban J connectivity index is 2.39. The Morgan fingerprint density at radius 1 is 1.39 bits per heavy atom. The first kappa shape index (κ1) is 12.6. The van der Waals surface area contributed by atoms with Gasteiger partial charge in [-0.2, -0.15) is 5.26 Å².